The molecule has 1 aliphatic rings. The Morgan fingerprint density at radius 2 is 1.69 bits per heavy atom. The van der Waals surface area contributed by atoms with Crippen LogP contribution in [0.3, 0.4) is 0 Å². The van der Waals surface area contributed by atoms with Gasteiger partial charge >= 0.3 is 0 Å². The molecule has 0 aromatic heterocycles. The summed E-state index contributed by atoms with van der Waals surface area (Å²) in [5.74, 6) is -0.319. The van der Waals surface area contributed by atoms with Gasteiger partial charge in [-0.15, -0.1) is 0 Å². The summed E-state index contributed by atoms with van der Waals surface area (Å²) in [5.41, 5.74) is 0.978. The predicted octanol–water partition coefficient (Wildman–Crippen LogP) is 0.706. The number of carbonyl (C=O) groups excluding carboxylic acids is 2. The molecular formula is C12H14N2O2. The number of carbonyl (C=O) groups is 2. The third kappa shape index (κ3) is 1.97. The first-order valence-electron chi connectivity index (χ1n) is 5.30. The lowest BCUT2D eigenvalue weighted by Gasteiger charge is -2.31. The molecule has 0 saturated carbocycles. The summed E-state index contributed by atoms with van der Waals surface area (Å²) in [4.78, 5) is 24.7. The molecule has 1 atom stereocenters. The average molecular weight is 218 g/mol. The van der Waals surface area contributed by atoms with Gasteiger partial charge in [-0.1, -0.05) is 30.3 Å². The maximum Gasteiger partial charge on any atom is 0.243 e. The van der Waals surface area contributed by atoms with Crippen LogP contribution in [-0.2, 0) is 9.59 Å². The second-order valence-corrected chi connectivity index (χ2v) is 3.85. The topological polar surface area (TPSA) is 49.4 Å². The van der Waals surface area contributed by atoms with E-state index in [9.17, 15) is 9.59 Å². The summed E-state index contributed by atoms with van der Waals surface area (Å²) in [6.07, 6.45) is 0. The van der Waals surface area contributed by atoms with Gasteiger partial charge in [0, 0.05) is 0 Å². The molecule has 1 aromatic carbocycles. The molecular weight excluding hydrogens is 204 g/mol. The highest BCUT2D eigenvalue weighted by molar-refractivity contribution is 5.99. The van der Waals surface area contributed by atoms with Crippen LogP contribution < -0.4 is 5.32 Å². The molecule has 1 aliphatic heterocycles. The molecule has 1 heterocycles. The number of hydrogen-bond acceptors (Lipinski definition) is 3. The molecule has 0 spiro atoms. The van der Waals surface area contributed by atoms with Crippen LogP contribution in [0.1, 0.15) is 18.5 Å². The van der Waals surface area contributed by atoms with Crippen molar-refractivity contribution < 1.29 is 9.59 Å². The van der Waals surface area contributed by atoms with Crippen molar-refractivity contribution in [1.29, 1.82) is 0 Å². The SMILES string of the molecule is CC(c1ccccc1)N1C(=O)CNCC1=O. The molecule has 2 amide bonds. The maximum absolute atomic E-state index is 11.7. The van der Waals surface area contributed by atoms with Gasteiger partial charge < -0.3 is 0 Å². The zero-order valence-corrected chi connectivity index (χ0v) is 9.14. The smallest absolute Gasteiger partial charge is 0.243 e. The fourth-order valence-electron chi connectivity index (χ4n) is 1.90. The Labute approximate surface area is 94.2 Å². The molecule has 0 radical (unpaired) electrons. The Morgan fingerprint density at radius 3 is 2.25 bits per heavy atom. The van der Waals surface area contributed by atoms with Gasteiger partial charge in [-0.3, -0.25) is 19.8 Å². The fourth-order valence-corrected chi connectivity index (χ4v) is 1.90. The van der Waals surface area contributed by atoms with Crippen molar-refractivity contribution in [3.63, 3.8) is 0 Å². The fraction of sp³-hybridized carbons (Fsp3) is 0.333. The predicted molar refractivity (Wildman–Crippen MR) is 59.6 cm³/mol. The first-order valence-corrected chi connectivity index (χ1v) is 5.30. The van der Waals surface area contributed by atoms with Gasteiger partial charge in [-0.2, -0.15) is 0 Å². The molecule has 84 valence electrons. The van der Waals surface area contributed by atoms with E-state index in [1.165, 1.54) is 4.90 Å². The summed E-state index contributed by atoms with van der Waals surface area (Å²) in [6, 6.07) is 9.38. The van der Waals surface area contributed by atoms with E-state index in [1.807, 2.05) is 37.3 Å². The van der Waals surface area contributed by atoms with Crippen molar-refractivity contribution in [3.05, 3.63) is 35.9 Å². The van der Waals surface area contributed by atoms with Crippen molar-refractivity contribution in [3.8, 4) is 0 Å². The maximum atomic E-state index is 11.7. The zero-order chi connectivity index (χ0) is 11.5. The van der Waals surface area contributed by atoms with E-state index in [0.29, 0.717) is 0 Å². The second-order valence-electron chi connectivity index (χ2n) is 3.85. The number of piperazine rings is 1. The largest absolute Gasteiger partial charge is 0.300 e. The van der Waals surface area contributed by atoms with Crippen molar-refractivity contribution >= 4 is 11.8 Å². The van der Waals surface area contributed by atoms with Gasteiger partial charge in [-0.05, 0) is 12.5 Å². The highest BCUT2D eigenvalue weighted by Gasteiger charge is 2.30. The summed E-state index contributed by atoms with van der Waals surface area (Å²) in [5, 5.41) is 2.78. The monoisotopic (exact) mass is 218 g/mol. The third-order valence-electron chi connectivity index (χ3n) is 2.76. The number of imide groups is 1. The van der Waals surface area contributed by atoms with E-state index in [4.69, 9.17) is 0 Å². The van der Waals surface area contributed by atoms with E-state index >= 15 is 0 Å². The van der Waals surface area contributed by atoms with Crippen LogP contribution in [0, 0.1) is 0 Å². The van der Waals surface area contributed by atoms with Gasteiger partial charge in [0.1, 0.15) is 0 Å². The van der Waals surface area contributed by atoms with Crippen LogP contribution in [0.4, 0.5) is 0 Å². The summed E-state index contributed by atoms with van der Waals surface area (Å²) < 4.78 is 0. The lowest BCUT2D eigenvalue weighted by atomic mass is 10.1. The van der Waals surface area contributed by atoms with Crippen LogP contribution in [0.2, 0.25) is 0 Å². The Balaban J connectivity index is 2.23. The van der Waals surface area contributed by atoms with E-state index < -0.39 is 0 Å². The summed E-state index contributed by atoms with van der Waals surface area (Å²) in [6.45, 7) is 2.35. The number of benzene rings is 1. The molecule has 4 heteroatoms. The van der Waals surface area contributed by atoms with Crippen molar-refractivity contribution in [2.24, 2.45) is 0 Å². The quantitative estimate of drug-likeness (QED) is 0.744. The first-order chi connectivity index (χ1) is 7.70. The van der Waals surface area contributed by atoms with E-state index in [1.54, 1.807) is 0 Å². The number of nitrogens with one attached hydrogen (secondary N) is 1. The standard InChI is InChI=1S/C12H14N2O2/c1-9(10-5-3-2-4-6-10)14-11(15)7-13-8-12(14)16/h2-6,9,13H,7-8H2,1H3. The molecule has 1 saturated heterocycles. The zero-order valence-electron chi connectivity index (χ0n) is 9.14. The van der Waals surface area contributed by atoms with Crippen LogP contribution in [0.15, 0.2) is 30.3 Å². The van der Waals surface area contributed by atoms with Crippen LogP contribution in [0.25, 0.3) is 0 Å². The lowest BCUT2D eigenvalue weighted by Crippen LogP contribution is -2.52. The van der Waals surface area contributed by atoms with E-state index in [-0.39, 0.29) is 30.9 Å². The Kier molecular flexibility index (Phi) is 3.01. The molecule has 1 N–H and O–H groups in total. The molecule has 2 rings (SSSR count). The van der Waals surface area contributed by atoms with E-state index in [0.717, 1.165) is 5.56 Å². The van der Waals surface area contributed by atoms with Gasteiger partial charge in [0.15, 0.2) is 0 Å². The third-order valence-corrected chi connectivity index (χ3v) is 2.76. The van der Waals surface area contributed by atoms with Crippen molar-refractivity contribution in [2.75, 3.05) is 13.1 Å². The van der Waals surface area contributed by atoms with Gasteiger partial charge in [-0.25, -0.2) is 0 Å². The molecule has 1 unspecified atom stereocenters. The average Bonchev–Trinajstić information content (AvgIpc) is 2.30. The normalized spacial score (nSPS) is 18.7. The molecule has 0 aliphatic carbocycles. The molecule has 1 aromatic rings. The van der Waals surface area contributed by atoms with Crippen molar-refractivity contribution in [2.45, 2.75) is 13.0 Å². The molecule has 0 bridgehead atoms. The molecule has 1 fully saturated rings. The highest BCUT2D eigenvalue weighted by Crippen LogP contribution is 2.20. The van der Waals surface area contributed by atoms with Crippen LogP contribution in [0.5, 0.6) is 0 Å². The molecule has 16 heavy (non-hydrogen) atoms. The van der Waals surface area contributed by atoms with Gasteiger partial charge in [0.2, 0.25) is 11.8 Å². The number of nitrogens with zero attached hydrogens (tertiary/aromatic N) is 1. The van der Waals surface area contributed by atoms with Crippen LogP contribution >= 0.6 is 0 Å². The highest BCUT2D eigenvalue weighted by atomic mass is 16.2. The molecule has 4 nitrogen and oxygen atoms in total. The summed E-state index contributed by atoms with van der Waals surface area (Å²) >= 11 is 0. The Bertz CT molecular complexity index is 387. The number of hydrogen-bond donors (Lipinski definition) is 1. The number of amides is 2. The minimum Gasteiger partial charge on any atom is -0.300 e. The van der Waals surface area contributed by atoms with Gasteiger partial charge in [0.25, 0.3) is 0 Å². The Morgan fingerprint density at radius 1 is 1.12 bits per heavy atom. The Hall–Kier alpha value is -1.68. The lowest BCUT2D eigenvalue weighted by molar-refractivity contribution is -0.149. The van der Waals surface area contributed by atoms with Gasteiger partial charge in [0.05, 0.1) is 19.1 Å². The van der Waals surface area contributed by atoms with Crippen molar-refractivity contribution in [1.82, 2.24) is 10.2 Å². The first kappa shape index (κ1) is 10.8. The minimum absolute atomic E-state index is 0.160. The minimum atomic E-state index is -0.191. The van der Waals surface area contributed by atoms with E-state index in [2.05, 4.69) is 5.32 Å². The summed E-state index contributed by atoms with van der Waals surface area (Å²) in [7, 11) is 0. The van der Waals surface area contributed by atoms with Crippen LogP contribution in [-0.4, -0.2) is 29.8 Å². The number of rotatable bonds is 2. The second kappa shape index (κ2) is 4.45.